The number of methoxy groups -OCH3 is 1. The minimum atomic E-state index is -0.268. The Kier molecular flexibility index (Phi) is 3.46. The third kappa shape index (κ3) is 2.29. The molecule has 0 radical (unpaired) electrons. The lowest BCUT2D eigenvalue weighted by atomic mass is 9.98. The number of rotatable bonds is 3. The number of ether oxygens (including phenoxy) is 1. The van der Waals surface area contributed by atoms with Crippen LogP contribution in [-0.4, -0.2) is 18.9 Å². The number of ketones is 1. The van der Waals surface area contributed by atoms with Gasteiger partial charge in [-0.3, -0.25) is 9.59 Å². The van der Waals surface area contributed by atoms with E-state index in [0.29, 0.717) is 0 Å². The molecule has 1 saturated carbocycles. The summed E-state index contributed by atoms with van der Waals surface area (Å²) in [5.74, 6) is 0.107. The van der Waals surface area contributed by atoms with Gasteiger partial charge in [-0.15, -0.1) is 0 Å². The van der Waals surface area contributed by atoms with Gasteiger partial charge in [0.2, 0.25) is 0 Å². The van der Waals surface area contributed by atoms with E-state index >= 15 is 0 Å². The molecule has 0 heterocycles. The second-order valence-corrected chi connectivity index (χ2v) is 3.56. The van der Waals surface area contributed by atoms with Crippen molar-refractivity contribution in [3.05, 3.63) is 0 Å². The lowest BCUT2D eigenvalue weighted by molar-refractivity contribution is -0.143. The summed E-state index contributed by atoms with van der Waals surface area (Å²) in [5.41, 5.74) is 0. The van der Waals surface area contributed by atoms with E-state index in [1.807, 2.05) is 6.92 Å². The number of hydrogen-bond acceptors (Lipinski definition) is 3. The van der Waals surface area contributed by atoms with Gasteiger partial charge >= 0.3 is 5.97 Å². The molecular weight excluding hydrogens is 168 g/mol. The monoisotopic (exact) mass is 184 g/mol. The van der Waals surface area contributed by atoms with Crippen LogP contribution in [-0.2, 0) is 14.3 Å². The largest absolute Gasteiger partial charge is 0.469 e. The zero-order valence-corrected chi connectivity index (χ0v) is 8.21. The van der Waals surface area contributed by atoms with E-state index < -0.39 is 0 Å². The molecule has 1 aliphatic rings. The molecule has 0 aromatic carbocycles. The molecule has 3 nitrogen and oxygen atoms in total. The molecule has 74 valence electrons. The molecule has 0 amide bonds. The lowest BCUT2D eigenvalue weighted by Gasteiger charge is -2.07. The Morgan fingerprint density at radius 2 is 2.08 bits per heavy atom. The van der Waals surface area contributed by atoms with Crippen LogP contribution in [0.3, 0.4) is 0 Å². The molecule has 3 heteroatoms. The average molecular weight is 184 g/mol. The molecule has 0 bridgehead atoms. The zero-order chi connectivity index (χ0) is 9.84. The third-order valence-corrected chi connectivity index (χ3v) is 2.80. The predicted octanol–water partition coefficient (Wildman–Crippen LogP) is 1.55. The van der Waals surface area contributed by atoms with Crippen LogP contribution in [0.4, 0.5) is 0 Å². The van der Waals surface area contributed by atoms with Gasteiger partial charge in [-0.05, 0) is 19.3 Å². The molecule has 0 aliphatic heterocycles. The van der Waals surface area contributed by atoms with Gasteiger partial charge in [0.05, 0.1) is 13.5 Å². The molecule has 1 rings (SSSR count). The maximum absolute atomic E-state index is 11.6. The minimum Gasteiger partial charge on any atom is -0.469 e. The highest BCUT2D eigenvalue weighted by atomic mass is 16.5. The van der Waals surface area contributed by atoms with Crippen molar-refractivity contribution in [2.45, 2.75) is 32.6 Å². The molecule has 1 aliphatic carbocycles. The van der Waals surface area contributed by atoms with Crippen molar-refractivity contribution in [1.82, 2.24) is 0 Å². The van der Waals surface area contributed by atoms with Crippen LogP contribution in [0.25, 0.3) is 0 Å². The summed E-state index contributed by atoms with van der Waals surface area (Å²) >= 11 is 0. The average Bonchev–Trinajstić information content (AvgIpc) is 2.48. The van der Waals surface area contributed by atoms with Gasteiger partial charge < -0.3 is 4.74 Å². The van der Waals surface area contributed by atoms with Gasteiger partial charge in [0.25, 0.3) is 0 Å². The van der Waals surface area contributed by atoms with Gasteiger partial charge in [-0.1, -0.05) is 6.92 Å². The SMILES string of the molecule is CC[C@H]1CC[C@H](CC(=O)OC)C1=O. The Morgan fingerprint density at radius 1 is 1.46 bits per heavy atom. The van der Waals surface area contributed by atoms with Crippen molar-refractivity contribution >= 4 is 11.8 Å². The first-order valence-corrected chi connectivity index (χ1v) is 4.79. The van der Waals surface area contributed by atoms with E-state index in [2.05, 4.69) is 4.74 Å². The molecule has 0 spiro atoms. The van der Waals surface area contributed by atoms with Crippen molar-refractivity contribution in [1.29, 1.82) is 0 Å². The van der Waals surface area contributed by atoms with Gasteiger partial charge in [0.15, 0.2) is 0 Å². The van der Waals surface area contributed by atoms with Crippen LogP contribution in [0.1, 0.15) is 32.6 Å². The van der Waals surface area contributed by atoms with Crippen LogP contribution in [0.2, 0.25) is 0 Å². The van der Waals surface area contributed by atoms with Gasteiger partial charge in [0, 0.05) is 11.8 Å². The van der Waals surface area contributed by atoms with E-state index in [0.717, 1.165) is 19.3 Å². The molecule has 0 N–H and O–H groups in total. The van der Waals surface area contributed by atoms with E-state index in [1.54, 1.807) is 0 Å². The van der Waals surface area contributed by atoms with Crippen LogP contribution >= 0.6 is 0 Å². The molecule has 1 fully saturated rings. The Bertz CT molecular complexity index is 210. The van der Waals surface area contributed by atoms with Crippen LogP contribution in [0.15, 0.2) is 0 Å². The molecule has 0 aromatic heterocycles. The van der Waals surface area contributed by atoms with Crippen molar-refractivity contribution in [2.75, 3.05) is 7.11 Å². The maximum atomic E-state index is 11.6. The standard InChI is InChI=1S/C10H16O3/c1-3-7-4-5-8(10(7)12)6-9(11)13-2/h7-8H,3-6H2,1-2H3/t7-,8+/m0/s1. The van der Waals surface area contributed by atoms with E-state index in [4.69, 9.17) is 0 Å². The zero-order valence-electron chi connectivity index (χ0n) is 8.21. The summed E-state index contributed by atoms with van der Waals surface area (Å²) in [6.07, 6.45) is 2.96. The number of Topliss-reactive ketones (excluding diaryl/α,β-unsaturated/α-hetero) is 1. The Morgan fingerprint density at radius 3 is 2.54 bits per heavy atom. The fourth-order valence-electron chi connectivity index (χ4n) is 1.91. The fraction of sp³-hybridized carbons (Fsp3) is 0.800. The topological polar surface area (TPSA) is 43.4 Å². The first kappa shape index (κ1) is 10.2. The minimum absolute atomic E-state index is 0.0719. The first-order valence-electron chi connectivity index (χ1n) is 4.79. The summed E-state index contributed by atoms with van der Waals surface area (Å²) in [4.78, 5) is 22.5. The fourth-order valence-corrected chi connectivity index (χ4v) is 1.91. The van der Waals surface area contributed by atoms with Crippen molar-refractivity contribution in [3.63, 3.8) is 0 Å². The van der Waals surface area contributed by atoms with E-state index in [9.17, 15) is 9.59 Å². The van der Waals surface area contributed by atoms with Gasteiger partial charge in [-0.2, -0.15) is 0 Å². The normalized spacial score (nSPS) is 27.7. The summed E-state index contributed by atoms with van der Waals surface area (Å²) in [6.45, 7) is 2.02. The maximum Gasteiger partial charge on any atom is 0.306 e. The van der Waals surface area contributed by atoms with Crippen LogP contribution in [0.5, 0.6) is 0 Å². The van der Waals surface area contributed by atoms with Crippen molar-refractivity contribution < 1.29 is 14.3 Å². The quantitative estimate of drug-likeness (QED) is 0.625. The summed E-state index contributed by atoms with van der Waals surface area (Å²) in [7, 11) is 1.36. The number of esters is 1. The van der Waals surface area contributed by atoms with E-state index in [1.165, 1.54) is 7.11 Å². The number of carbonyl (C=O) groups is 2. The second-order valence-electron chi connectivity index (χ2n) is 3.56. The Labute approximate surface area is 78.5 Å². The van der Waals surface area contributed by atoms with Crippen LogP contribution in [0, 0.1) is 11.8 Å². The highest BCUT2D eigenvalue weighted by Crippen LogP contribution is 2.31. The molecule has 0 saturated heterocycles. The molecule has 0 aromatic rings. The Balaban J connectivity index is 2.45. The van der Waals surface area contributed by atoms with Crippen LogP contribution < -0.4 is 0 Å². The molecule has 0 unspecified atom stereocenters. The number of carbonyl (C=O) groups excluding carboxylic acids is 2. The third-order valence-electron chi connectivity index (χ3n) is 2.80. The van der Waals surface area contributed by atoms with Crippen molar-refractivity contribution in [2.24, 2.45) is 11.8 Å². The highest BCUT2D eigenvalue weighted by molar-refractivity contribution is 5.88. The summed E-state index contributed by atoms with van der Waals surface area (Å²) < 4.78 is 4.54. The van der Waals surface area contributed by atoms with Gasteiger partial charge in [0.1, 0.15) is 5.78 Å². The van der Waals surface area contributed by atoms with Gasteiger partial charge in [-0.25, -0.2) is 0 Å². The van der Waals surface area contributed by atoms with E-state index in [-0.39, 0.29) is 30.0 Å². The molecule has 2 atom stereocenters. The summed E-state index contributed by atoms with van der Waals surface area (Å²) in [6, 6.07) is 0. The summed E-state index contributed by atoms with van der Waals surface area (Å²) in [5, 5.41) is 0. The molecular formula is C10H16O3. The second kappa shape index (κ2) is 4.40. The first-order chi connectivity index (χ1) is 6.19. The number of hydrogen-bond donors (Lipinski definition) is 0. The van der Waals surface area contributed by atoms with Crippen molar-refractivity contribution in [3.8, 4) is 0 Å². The lowest BCUT2D eigenvalue weighted by Crippen LogP contribution is -2.17. The molecule has 13 heavy (non-hydrogen) atoms. The predicted molar refractivity (Wildman–Crippen MR) is 48.1 cm³/mol. The smallest absolute Gasteiger partial charge is 0.306 e. The Hall–Kier alpha value is -0.860. The highest BCUT2D eigenvalue weighted by Gasteiger charge is 2.34.